The topological polar surface area (TPSA) is 53.3 Å². The first kappa shape index (κ1) is 21.4. The summed E-state index contributed by atoms with van der Waals surface area (Å²) in [6.07, 6.45) is 10.5. The summed E-state index contributed by atoms with van der Waals surface area (Å²) in [6, 6.07) is 0.582. The van der Waals surface area contributed by atoms with Crippen molar-refractivity contribution in [3.8, 4) is 0 Å². The highest BCUT2D eigenvalue weighted by atomic mass is 32.1. The molecule has 8 heteroatoms. The molecule has 0 bridgehead atoms. The fourth-order valence-corrected chi connectivity index (χ4v) is 6.08. The molecule has 2 aromatic heterocycles. The van der Waals surface area contributed by atoms with E-state index in [9.17, 15) is 4.79 Å². The molecule has 5 rings (SSSR count). The summed E-state index contributed by atoms with van der Waals surface area (Å²) in [6.45, 7) is 8.65. The molecule has 170 valence electrons. The van der Waals surface area contributed by atoms with Crippen molar-refractivity contribution in [3.63, 3.8) is 0 Å². The van der Waals surface area contributed by atoms with E-state index in [2.05, 4.69) is 25.8 Å². The number of likely N-dealkylation sites (tertiary alicyclic amines) is 2. The molecule has 2 aromatic rings. The van der Waals surface area contributed by atoms with E-state index < -0.39 is 0 Å². The van der Waals surface area contributed by atoms with Gasteiger partial charge in [-0.15, -0.1) is 11.3 Å². The van der Waals surface area contributed by atoms with Gasteiger partial charge in [0.15, 0.2) is 10.7 Å². The molecule has 7 nitrogen and oxygen atoms in total. The first-order valence-corrected chi connectivity index (χ1v) is 13.0. The van der Waals surface area contributed by atoms with Gasteiger partial charge in [-0.05, 0) is 51.6 Å². The Labute approximate surface area is 189 Å². The van der Waals surface area contributed by atoms with Crippen LogP contribution in [0, 0.1) is 0 Å². The lowest BCUT2D eigenvalue weighted by atomic mass is 9.98. The Morgan fingerprint density at radius 2 is 1.87 bits per heavy atom. The summed E-state index contributed by atoms with van der Waals surface area (Å²) in [4.78, 5) is 26.3. The third-order valence-corrected chi connectivity index (χ3v) is 7.95. The van der Waals surface area contributed by atoms with Crippen LogP contribution in [0.3, 0.4) is 0 Å². The number of rotatable bonds is 6. The minimum atomic E-state index is 0.132. The zero-order valence-corrected chi connectivity index (χ0v) is 19.3. The van der Waals surface area contributed by atoms with Gasteiger partial charge in [0.2, 0.25) is 0 Å². The third kappa shape index (κ3) is 4.82. The number of hydrogen-bond donors (Lipinski definition) is 0. The van der Waals surface area contributed by atoms with Gasteiger partial charge in [-0.2, -0.15) is 0 Å². The second-order valence-electron chi connectivity index (χ2n) is 9.18. The van der Waals surface area contributed by atoms with Crippen molar-refractivity contribution in [2.24, 2.45) is 0 Å². The standard InChI is InChI=1S/C23H35N5O2S/c29-22(26-8-3-1-4-9-26)21-20(28-14-17-31-23(28)24-21)18-27-10-5-2-6-19(27)7-11-25-12-15-30-16-13-25/h14,17,19H,1-13,15-16,18H2. The van der Waals surface area contributed by atoms with Crippen molar-refractivity contribution in [1.82, 2.24) is 24.1 Å². The molecule has 0 radical (unpaired) electrons. The Morgan fingerprint density at radius 1 is 1.06 bits per heavy atom. The van der Waals surface area contributed by atoms with Crippen LogP contribution in [-0.2, 0) is 11.3 Å². The average Bonchev–Trinajstić information content (AvgIpc) is 3.42. The minimum absolute atomic E-state index is 0.132. The van der Waals surface area contributed by atoms with Crippen LogP contribution in [-0.4, -0.2) is 88.5 Å². The van der Waals surface area contributed by atoms with E-state index in [1.807, 2.05) is 4.90 Å². The zero-order valence-electron chi connectivity index (χ0n) is 18.5. The highest BCUT2D eigenvalue weighted by Crippen LogP contribution is 2.26. The molecule has 1 unspecified atom stereocenters. The molecule has 0 saturated carbocycles. The number of morpholine rings is 1. The average molecular weight is 446 g/mol. The van der Waals surface area contributed by atoms with Gasteiger partial charge < -0.3 is 9.64 Å². The Bertz CT molecular complexity index is 869. The Kier molecular flexibility index (Phi) is 6.88. The number of thiazole rings is 1. The lowest BCUT2D eigenvalue weighted by molar-refractivity contribution is 0.0301. The van der Waals surface area contributed by atoms with Crippen molar-refractivity contribution in [1.29, 1.82) is 0 Å². The summed E-state index contributed by atoms with van der Waals surface area (Å²) in [5.74, 6) is 0.132. The Morgan fingerprint density at radius 3 is 2.71 bits per heavy atom. The van der Waals surface area contributed by atoms with Crippen LogP contribution in [0.5, 0.6) is 0 Å². The van der Waals surface area contributed by atoms with E-state index in [-0.39, 0.29) is 5.91 Å². The van der Waals surface area contributed by atoms with E-state index in [0.29, 0.717) is 11.7 Å². The summed E-state index contributed by atoms with van der Waals surface area (Å²) in [5, 5.41) is 2.08. The van der Waals surface area contributed by atoms with Crippen LogP contribution in [0.25, 0.3) is 4.96 Å². The summed E-state index contributed by atoms with van der Waals surface area (Å²) in [5.41, 5.74) is 1.77. The SMILES string of the molecule is O=C(c1nc2sccn2c1CN1CCCCC1CCN1CCOCC1)N1CCCCC1. The number of carbonyl (C=O) groups excluding carboxylic acids is 1. The van der Waals surface area contributed by atoms with Crippen LogP contribution >= 0.6 is 11.3 Å². The first-order chi connectivity index (χ1) is 15.3. The molecule has 3 fully saturated rings. The first-order valence-electron chi connectivity index (χ1n) is 12.1. The van der Waals surface area contributed by atoms with Crippen LogP contribution in [0.4, 0.5) is 0 Å². The second-order valence-corrected chi connectivity index (χ2v) is 10.1. The molecular formula is C23H35N5O2S. The quantitative estimate of drug-likeness (QED) is 0.684. The molecule has 3 aliphatic rings. The van der Waals surface area contributed by atoms with Crippen molar-refractivity contribution < 1.29 is 9.53 Å². The number of piperidine rings is 2. The number of fused-ring (bicyclic) bond motifs is 1. The lowest BCUT2D eigenvalue weighted by Crippen LogP contribution is -2.44. The number of ether oxygens (including phenoxy) is 1. The number of amides is 1. The predicted molar refractivity (Wildman–Crippen MR) is 123 cm³/mol. The van der Waals surface area contributed by atoms with Gasteiger partial charge in [0.1, 0.15) is 0 Å². The second kappa shape index (κ2) is 9.98. The fraction of sp³-hybridized carbons (Fsp3) is 0.739. The van der Waals surface area contributed by atoms with Crippen LogP contribution in [0.15, 0.2) is 11.6 Å². The number of nitrogens with zero attached hydrogens (tertiary/aromatic N) is 5. The van der Waals surface area contributed by atoms with Crippen molar-refractivity contribution in [2.75, 3.05) is 52.5 Å². The van der Waals surface area contributed by atoms with Crippen LogP contribution < -0.4 is 0 Å². The van der Waals surface area contributed by atoms with E-state index in [1.54, 1.807) is 11.3 Å². The number of hydrogen-bond acceptors (Lipinski definition) is 6. The van der Waals surface area contributed by atoms with Gasteiger partial charge in [-0.1, -0.05) is 6.42 Å². The van der Waals surface area contributed by atoms with E-state index >= 15 is 0 Å². The zero-order chi connectivity index (χ0) is 21.0. The van der Waals surface area contributed by atoms with Gasteiger partial charge >= 0.3 is 0 Å². The van der Waals surface area contributed by atoms with Gasteiger partial charge in [0.05, 0.1) is 18.9 Å². The van der Waals surface area contributed by atoms with Crippen LogP contribution in [0.2, 0.25) is 0 Å². The molecule has 1 atom stereocenters. The third-order valence-electron chi connectivity index (χ3n) is 7.19. The molecule has 31 heavy (non-hydrogen) atoms. The highest BCUT2D eigenvalue weighted by molar-refractivity contribution is 7.15. The highest BCUT2D eigenvalue weighted by Gasteiger charge is 2.29. The molecular weight excluding hydrogens is 410 g/mol. The van der Waals surface area contributed by atoms with Gasteiger partial charge in [-0.3, -0.25) is 19.0 Å². The van der Waals surface area contributed by atoms with Crippen molar-refractivity contribution >= 4 is 22.2 Å². The number of carbonyl (C=O) groups is 1. The monoisotopic (exact) mass is 445 g/mol. The summed E-state index contributed by atoms with van der Waals surface area (Å²) >= 11 is 1.62. The molecule has 0 aromatic carbocycles. The number of imidazole rings is 1. The molecule has 1 amide bonds. The largest absolute Gasteiger partial charge is 0.379 e. The Hall–Kier alpha value is -1.48. The normalized spacial score (nSPS) is 24.1. The predicted octanol–water partition coefficient (Wildman–Crippen LogP) is 3.10. The molecule has 3 saturated heterocycles. The van der Waals surface area contributed by atoms with Gasteiger partial charge in [-0.25, -0.2) is 4.98 Å². The van der Waals surface area contributed by atoms with Crippen molar-refractivity contribution in [2.45, 2.75) is 57.5 Å². The molecule has 3 aliphatic heterocycles. The van der Waals surface area contributed by atoms with E-state index in [0.717, 1.165) is 82.5 Å². The maximum absolute atomic E-state index is 13.4. The fourth-order valence-electron chi connectivity index (χ4n) is 5.35. The molecule has 0 N–H and O–H groups in total. The van der Waals surface area contributed by atoms with E-state index in [4.69, 9.17) is 9.72 Å². The summed E-state index contributed by atoms with van der Waals surface area (Å²) < 4.78 is 7.67. The summed E-state index contributed by atoms with van der Waals surface area (Å²) in [7, 11) is 0. The maximum Gasteiger partial charge on any atom is 0.274 e. The van der Waals surface area contributed by atoms with E-state index in [1.165, 1.54) is 32.1 Å². The van der Waals surface area contributed by atoms with Crippen LogP contribution in [0.1, 0.15) is 61.1 Å². The smallest absolute Gasteiger partial charge is 0.274 e. The maximum atomic E-state index is 13.4. The Balaban J connectivity index is 1.32. The van der Waals surface area contributed by atoms with Gasteiger partial charge in [0, 0.05) is 50.3 Å². The lowest BCUT2D eigenvalue weighted by Gasteiger charge is -2.37. The molecule has 0 spiro atoms. The minimum Gasteiger partial charge on any atom is -0.379 e. The number of aromatic nitrogens is 2. The van der Waals surface area contributed by atoms with Crippen molar-refractivity contribution in [3.05, 3.63) is 23.0 Å². The molecule has 0 aliphatic carbocycles. The molecule has 5 heterocycles. The van der Waals surface area contributed by atoms with Gasteiger partial charge in [0.25, 0.3) is 5.91 Å².